The Kier molecular flexibility index (Phi) is 6.26. The van der Waals surface area contributed by atoms with Crippen LogP contribution in [-0.2, 0) is 23.9 Å². The summed E-state index contributed by atoms with van der Waals surface area (Å²) in [6.07, 6.45) is -3.40. The van der Waals surface area contributed by atoms with Crippen molar-refractivity contribution in [2.45, 2.75) is 52.8 Å². The molecular formula is C19H21F3N4O. The minimum absolute atomic E-state index is 0.187. The van der Waals surface area contributed by atoms with E-state index in [-0.39, 0.29) is 12.3 Å². The maximum atomic E-state index is 12.7. The highest BCUT2D eigenvalue weighted by atomic mass is 19.4. The van der Waals surface area contributed by atoms with E-state index in [1.165, 1.54) is 13.0 Å². The number of halogens is 3. The fourth-order valence-corrected chi connectivity index (χ4v) is 2.90. The highest BCUT2D eigenvalue weighted by Gasteiger charge is 2.30. The molecule has 0 aliphatic heterocycles. The first kappa shape index (κ1) is 20.5. The molecule has 0 radical (unpaired) electrons. The molecule has 8 heteroatoms. The average molecular weight is 378 g/mol. The van der Waals surface area contributed by atoms with E-state index in [0.29, 0.717) is 30.6 Å². The van der Waals surface area contributed by atoms with E-state index < -0.39 is 11.7 Å². The van der Waals surface area contributed by atoms with Crippen molar-refractivity contribution in [2.75, 3.05) is 5.32 Å². The number of amides is 1. The summed E-state index contributed by atoms with van der Waals surface area (Å²) in [6, 6.07) is 5.31. The molecule has 2 aromatic rings. The number of carbonyl (C=O) groups is 1. The molecule has 0 atom stereocenters. The predicted octanol–water partition coefficient (Wildman–Crippen LogP) is 4.31. The topological polar surface area (TPSA) is 70.7 Å². The number of nitriles is 1. The molecule has 0 unspecified atom stereocenters. The Morgan fingerprint density at radius 2 is 2.00 bits per heavy atom. The van der Waals surface area contributed by atoms with Gasteiger partial charge in [0.1, 0.15) is 0 Å². The number of aryl methyl sites for hydroxylation is 3. The van der Waals surface area contributed by atoms with Crippen molar-refractivity contribution in [1.29, 1.82) is 5.26 Å². The van der Waals surface area contributed by atoms with Crippen molar-refractivity contribution in [1.82, 2.24) is 9.78 Å². The Labute approximate surface area is 155 Å². The van der Waals surface area contributed by atoms with Gasteiger partial charge in [-0.1, -0.05) is 0 Å². The number of hydrogen-bond acceptors (Lipinski definition) is 3. The standard InChI is InChI=1S/C19H21F3N4O/c1-12-11-15(19(20,21)22)5-7-17(12)24-18(27)8-6-16-13(2)25-26(14(16)3)10-4-9-23/h5,7,11H,4,6,8,10H2,1-3H3,(H,24,27). The SMILES string of the molecule is Cc1cc(C(F)(F)F)ccc1NC(=O)CCc1c(C)nn(CCC#N)c1C. The molecule has 1 aromatic carbocycles. The fraction of sp³-hybridized carbons (Fsp3) is 0.421. The van der Waals surface area contributed by atoms with Crippen molar-refractivity contribution in [3.63, 3.8) is 0 Å². The molecule has 0 saturated carbocycles. The third-order valence-corrected chi connectivity index (χ3v) is 4.40. The number of anilines is 1. The highest BCUT2D eigenvalue weighted by molar-refractivity contribution is 5.91. The number of rotatable bonds is 6. The molecule has 0 spiro atoms. The lowest BCUT2D eigenvalue weighted by Gasteiger charge is -2.12. The lowest BCUT2D eigenvalue weighted by atomic mass is 10.1. The molecule has 0 bridgehead atoms. The number of aromatic nitrogens is 2. The zero-order valence-electron chi connectivity index (χ0n) is 15.4. The number of nitrogens with one attached hydrogen (secondary N) is 1. The zero-order chi connectivity index (χ0) is 20.2. The minimum atomic E-state index is -4.41. The number of carbonyl (C=O) groups excluding carboxylic acids is 1. The molecule has 0 fully saturated rings. The Bertz CT molecular complexity index is 878. The molecule has 27 heavy (non-hydrogen) atoms. The van der Waals surface area contributed by atoms with Crippen molar-refractivity contribution in [2.24, 2.45) is 0 Å². The number of hydrogen-bond donors (Lipinski definition) is 1. The average Bonchev–Trinajstić information content (AvgIpc) is 2.85. The van der Waals surface area contributed by atoms with E-state index in [9.17, 15) is 18.0 Å². The zero-order valence-corrected chi connectivity index (χ0v) is 15.4. The monoisotopic (exact) mass is 378 g/mol. The summed E-state index contributed by atoms with van der Waals surface area (Å²) >= 11 is 0. The summed E-state index contributed by atoms with van der Waals surface area (Å²) in [6.45, 7) is 5.77. The second kappa shape index (κ2) is 8.25. The summed E-state index contributed by atoms with van der Waals surface area (Å²) in [4.78, 5) is 12.2. The number of nitrogens with zero attached hydrogens (tertiary/aromatic N) is 3. The molecule has 1 aromatic heterocycles. The maximum absolute atomic E-state index is 12.7. The van der Waals surface area contributed by atoms with Crippen LogP contribution in [0.5, 0.6) is 0 Å². The lowest BCUT2D eigenvalue weighted by Crippen LogP contribution is -2.14. The highest BCUT2D eigenvalue weighted by Crippen LogP contribution is 2.31. The van der Waals surface area contributed by atoms with Gasteiger partial charge < -0.3 is 5.32 Å². The predicted molar refractivity (Wildman–Crippen MR) is 95.1 cm³/mol. The van der Waals surface area contributed by atoms with Gasteiger partial charge in [-0.05, 0) is 56.5 Å². The van der Waals surface area contributed by atoms with Crippen LogP contribution in [0.15, 0.2) is 18.2 Å². The summed E-state index contributed by atoms with van der Waals surface area (Å²) in [7, 11) is 0. The van der Waals surface area contributed by atoms with Gasteiger partial charge in [0, 0.05) is 17.8 Å². The minimum Gasteiger partial charge on any atom is -0.326 e. The van der Waals surface area contributed by atoms with E-state index in [2.05, 4.69) is 16.5 Å². The van der Waals surface area contributed by atoms with Gasteiger partial charge in [-0.2, -0.15) is 23.5 Å². The van der Waals surface area contributed by atoms with Crippen molar-refractivity contribution in [3.05, 3.63) is 46.3 Å². The third kappa shape index (κ3) is 5.09. The Hall–Kier alpha value is -2.82. The van der Waals surface area contributed by atoms with Crippen molar-refractivity contribution >= 4 is 11.6 Å². The Morgan fingerprint density at radius 1 is 1.30 bits per heavy atom. The van der Waals surface area contributed by atoms with Crippen LogP contribution >= 0.6 is 0 Å². The Morgan fingerprint density at radius 3 is 2.59 bits per heavy atom. The molecule has 0 aliphatic rings. The van der Waals surface area contributed by atoms with Gasteiger partial charge >= 0.3 is 6.18 Å². The van der Waals surface area contributed by atoms with E-state index in [1.807, 2.05) is 13.8 Å². The molecule has 1 N–H and O–H groups in total. The first-order chi connectivity index (χ1) is 12.6. The molecule has 1 amide bonds. The summed E-state index contributed by atoms with van der Waals surface area (Å²) in [5, 5.41) is 15.7. The molecule has 1 heterocycles. The molecule has 0 saturated heterocycles. The van der Waals surface area contributed by atoms with Gasteiger partial charge in [-0.3, -0.25) is 9.48 Å². The van der Waals surface area contributed by atoms with E-state index in [0.717, 1.165) is 29.1 Å². The third-order valence-electron chi connectivity index (χ3n) is 4.40. The Balaban J connectivity index is 2.01. The molecule has 144 valence electrons. The number of alkyl halides is 3. The normalized spacial score (nSPS) is 11.3. The molecule has 5 nitrogen and oxygen atoms in total. The van der Waals surface area contributed by atoms with E-state index >= 15 is 0 Å². The van der Waals surface area contributed by atoms with Gasteiger partial charge in [0.25, 0.3) is 0 Å². The van der Waals surface area contributed by atoms with E-state index in [4.69, 9.17) is 5.26 Å². The van der Waals surface area contributed by atoms with Gasteiger partial charge in [0.15, 0.2) is 0 Å². The van der Waals surface area contributed by atoms with Crippen LogP contribution < -0.4 is 5.32 Å². The number of benzene rings is 1. The van der Waals surface area contributed by atoms with Crippen LogP contribution in [0, 0.1) is 32.1 Å². The quantitative estimate of drug-likeness (QED) is 0.814. The maximum Gasteiger partial charge on any atom is 0.416 e. The first-order valence-electron chi connectivity index (χ1n) is 8.51. The van der Waals surface area contributed by atoms with Crippen LogP contribution in [-0.4, -0.2) is 15.7 Å². The van der Waals surface area contributed by atoms with Crippen LogP contribution in [0.3, 0.4) is 0 Å². The second-order valence-corrected chi connectivity index (χ2v) is 6.36. The van der Waals surface area contributed by atoms with Crippen molar-refractivity contribution < 1.29 is 18.0 Å². The van der Waals surface area contributed by atoms with Crippen LogP contribution in [0.1, 0.15) is 40.9 Å². The van der Waals surface area contributed by atoms with Crippen LogP contribution in [0.25, 0.3) is 0 Å². The largest absolute Gasteiger partial charge is 0.416 e. The van der Waals surface area contributed by atoms with Crippen LogP contribution in [0.4, 0.5) is 18.9 Å². The smallest absolute Gasteiger partial charge is 0.326 e. The molecule has 2 rings (SSSR count). The molecule has 0 aliphatic carbocycles. The van der Waals surface area contributed by atoms with Crippen LogP contribution in [0.2, 0.25) is 0 Å². The molecular weight excluding hydrogens is 357 g/mol. The van der Waals surface area contributed by atoms with Gasteiger partial charge in [-0.15, -0.1) is 0 Å². The van der Waals surface area contributed by atoms with Gasteiger partial charge in [0.05, 0.1) is 30.3 Å². The fourth-order valence-electron chi connectivity index (χ4n) is 2.90. The van der Waals surface area contributed by atoms with E-state index in [1.54, 1.807) is 4.68 Å². The van der Waals surface area contributed by atoms with Gasteiger partial charge in [0.2, 0.25) is 5.91 Å². The van der Waals surface area contributed by atoms with Crippen molar-refractivity contribution in [3.8, 4) is 6.07 Å². The lowest BCUT2D eigenvalue weighted by molar-refractivity contribution is -0.137. The first-order valence-corrected chi connectivity index (χ1v) is 8.51. The summed E-state index contributed by atoms with van der Waals surface area (Å²) in [5.74, 6) is -0.276. The van der Waals surface area contributed by atoms with Gasteiger partial charge in [-0.25, -0.2) is 0 Å². The summed E-state index contributed by atoms with van der Waals surface area (Å²) < 4.78 is 39.9. The second-order valence-electron chi connectivity index (χ2n) is 6.36. The summed E-state index contributed by atoms with van der Waals surface area (Å²) in [5.41, 5.74) is 2.66.